The minimum Gasteiger partial charge on any atom is -0.337 e. The van der Waals surface area contributed by atoms with E-state index < -0.39 is 5.56 Å². The fraction of sp³-hybridized carbons (Fsp3) is 0.207. The summed E-state index contributed by atoms with van der Waals surface area (Å²) in [5.41, 5.74) is 3.66. The molecule has 5 nitrogen and oxygen atoms in total. The van der Waals surface area contributed by atoms with Crippen LogP contribution in [0.4, 0.5) is 4.39 Å². The number of carbonyl (C=O) groups excluding carboxylic acids is 1. The maximum Gasteiger partial charge on any atom is 0.287 e. The third-order valence-electron chi connectivity index (χ3n) is 5.85. The second kappa shape index (κ2) is 13.2. The molecule has 0 saturated carbocycles. The van der Waals surface area contributed by atoms with Crippen LogP contribution in [0, 0.1) is 5.82 Å². The topological polar surface area (TPSA) is 55.2 Å². The van der Waals surface area contributed by atoms with Crippen molar-refractivity contribution in [2.75, 3.05) is 6.54 Å². The predicted octanol–water partition coefficient (Wildman–Crippen LogP) is 7.20. The summed E-state index contributed by atoms with van der Waals surface area (Å²) < 4.78 is 15.2. The van der Waals surface area contributed by atoms with Crippen molar-refractivity contribution < 1.29 is 9.18 Å². The van der Waals surface area contributed by atoms with Crippen LogP contribution in [0.2, 0.25) is 5.02 Å². The number of aromatic nitrogens is 2. The third kappa shape index (κ3) is 7.56. The van der Waals surface area contributed by atoms with E-state index >= 15 is 0 Å². The molecule has 1 aromatic heterocycles. The quantitative estimate of drug-likeness (QED) is 0.140. The highest BCUT2D eigenvalue weighted by atomic mass is 79.9. The lowest BCUT2D eigenvalue weighted by Gasteiger charge is -2.24. The first kappa shape index (κ1) is 28.1. The molecule has 3 aromatic carbocycles. The summed E-state index contributed by atoms with van der Waals surface area (Å²) in [5, 5.41) is 1.13. The van der Waals surface area contributed by atoms with E-state index in [1.54, 1.807) is 22.9 Å². The Hall–Kier alpha value is -2.94. The van der Waals surface area contributed by atoms with Crippen molar-refractivity contribution in [3.63, 3.8) is 0 Å². The van der Waals surface area contributed by atoms with Gasteiger partial charge in [0.05, 0.1) is 0 Å². The monoisotopic (exact) mass is 613 g/mol. The summed E-state index contributed by atoms with van der Waals surface area (Å²) in [5.74, 6) is 0.106. The van der Waals surface area contributed by atoms with Gasteiger partial charge in [-0.05, 0) is 68.9 Å². The van der Waals surface area contributed by atoms with Gasteiger partial charge in [-0.2, -0.15) is 4.98 Å². The number of carbonyl (C=O) groups is 1. The van der Waals surface area contributed by atoms with E-state index in [0.29, 0.717) is 29.0 Å². The molecule has 4 rings (SSSR count). The Labute approximate surface area is 238 Å². The Bertz CT molecular complexity index is 1450. The average molecular weight is 615 g/mol. The molecule has 0 saturated heterocycles. The lowest BCUT2D eigenvalue weighted by Crippen LogP contribution is -2.34. The van der Waals surface area contributed by atoms with Crippen LogP contribution in [-0.4, -0.2) is 26.9 Å². The van der Waals surface area contributed by atoms with E-state index in [9.17, 15) is 14.0 Å². The number of benzene rings is 3. The minimum absolute atomic E-state index is 0.0422. The summed E-state index contributed by atoms with van der Waals surface area (Å²) in [6.45, 7) is 3.15. The van der Waals surface area contributed by atoms with E-state index in [2.05, 4.69) is 20.9 Å². The number of halogens is 3. The highest BCUT2D eigenvalue weighted by molar-refractivity contribution is 9.10. The van der Waals surface area contributed by atoms with Crippen LogP contribution in [0.3, 0.4) is 0 Å². The number of nitrogens with zero attached hydrogens (tertiary/aromatic N) is 3. The zero-order valence-electron chi connectivity index (χ0n) is 20.7. The van der Waals surface area contributed by atoms with Crippen molar-refractivity contribution in [2.24, 2.45) is 0 Å². The highest BCUT2D eigenvalue weighted by Crippen LogP contribution is 2.24. The maximum absolute atomic E-state index is 13.4. The van der Waals surface area contributed by atoms with Gasteiger partial charge in [0, 0.05) is 30.1 Å². The normalized spacial score (nSPS) is 10.9. The largest absolute Gasteiger partial charge is 0.337 e. The SMILES string of the molecule is CCCN(Cc1ccc(-c2ccc(Cl)cc2)cc1)C(=O)Cn1cc(Br)c(=O)nc1SCc1ccc(F)cc1. The first-order valence-corrected chi connectivity index (χ1v) is 14.2. The molecule has 0 fully saturated rings. The number of hydrogen-bond acceptors (Lipinski definition) is 4. The molecule has 196 valence electrons. The van der Waals surface area contributed by atoms with E-state index in [1.165, 1.54) is 23.9 Å². The van der Waals surface area contributed by atoms with Crippen LogP contribution < -0.4 is 5.56 Å². The molecule has 0 aliphatic carbocycles. The van der Waals surface area contributed by atoms with Crippen LogP contribution in [0.15, 0.2) is 93.4 Å². The zero-order valence-corrected chi connectivity index (χ0v) is 23.9. The number of hydrogen-bond donors (Lipinski definition) is 0. The Kier molecular flexibility index (Phi) is 9.77. The van der Waals surface area contributed by atoms with E-state index in [4.69, 9.17) is 11.6 Å². The van der Waals surface area contributed by atoms with E-state index in [0.717, 1.165) is 28.7 Å². The number of rotatable bonds is 10. The molecule has 1 amide bonds. The molecule has 0 atom stereocenters. The van der Waals surface area contributed by atoms with Gasteiger partial charge in [-0.25, -0.2) is 4.39 Å². The summed E-state index contributed by atoms with van der Waals surface area (Å²) in [4.78, 5) is 31.6. The molecule has 0 aliphatic rings. The van der Waals surface area contributed by atoms with Crippen LogP contribution in [0.1, 0.15) is 24.5 Å². The van der Waals surface area contributed by atoms with Gasteiger partial charge < -0.3 is 9.47 Å². The summed E-state index contributed by atoms with van der Waals surface area (Å²) >= 11 is 10.6. The fourth-order valence-corrected chi connectivity index (χ4v) is 5.26. The standard InChI is InChI=1S/C29H26BrClFN3O2S/c1-2-15-34(16-20-3-7-22(8-4-20)23-9-11-24(31)12-10-23)27(36)18-35-17-26(30)28(37)33-29(35)38-19-21-5-13-25(32)14-6-21/h3-14,17H,2,15-16,18-19H2,1H3. The second-order valence-electron chi connectivity index (χ2n) is 8.74. The first-order valence-electron chi connectivity index (χ1n) is 12.1. The average Bonchev–Trinajstić information content (AvgIpc) is 2.91. The Morgan fingerprint density at radius 1 is 1.00 bits per heavy atom. The maximum atomic E-state index is 13.4. The van der Waals surface area contributed by atoms with Crippen molar-refractivity contribution >= 4 is 45.2 Å². The predicted molar refractivity (Wildman–Crippen MR) is 155 cm³/mol. The summed E-state index contributed by atoms with van der Waals surface area (Å²) in [6, 6.07) is 22.0. The minimum atomic E-state index is -0.401. The Morgan fingerprint density at radius 3 is 2.24 bits per heavy atom. The third-order valence-corrected chi connectivity index (χ3v) is 7.71. The van der Waals surface area contributed by atoms with Crippen molar-refractivity contribution in [2.45, 2.75) is 37.3 Å². The molecule has 0 spiro atoms. The zero-order chi connectivity index (χ0) is 27.1. The van der Waals surface area contributed by atoms with Gasteiger partial charge in [-0.15, -0.1) is 0 Å². The molecular weight excluding hydrogens is 589 g/mol. The molecule has 0 unspecified atom stereocenters. The molecule has 0 aliphatic heterocycles. The van der Waals surface area contributed by atoms with E-state index in [-0.39, 0.29) is 22.7 Å². The van der Waals surface area contributed by atoms with Crippen LogP contribution in [0.5, 0.6) is 0 Å². The van der Waals surface area contributed by atoms with Crippen LogP contribution in [-0.2, 0) is 23.6 Å². The van der Waals surface area contributed by atoms with Gasteiger partial charge in [0.1, 0.15) is 16.8 Å². The number of amides is 1. The summed E-state index contributed by atoms with van der Waals surface area (Å²) in [7, 11) is 0. The first-order chi connectivity index (χ1) is 18.3. The van der Waals surface area contributed by atoms with Crippen molar-refractivity contribution in [3.8, 4) is 11.1 Å². The lowest BCUT2D eigenvalue weighted by molar-refractivity contribution is -0.132. The van der Waals surface area contributed by atoms with Crippen LogP contribution >= 0.6 is 39.3 Å². The molecule has 38 heavy (non-hydrogen) atoms. The van der Waals surface area contributed by atoms with Gasteiger partial charge >= 0.3 is 0 Å². The molecule has 0 radical (unpaired) electrons. The van der Waals surface area contributed by atoms with Crippen molar-refractivity contribution in [1.29, 1.82) is 0 Å². The van der Waals surface area contributed by atoms with Crippen molar-refractivity contribution in [3.05, 3.63) is 116 Å². The van der Waals surface area contributed by atoms with Crippen LogP contribution in [0.25, 0.3) is 11.1 Å². The molecule has 0 N–H and O–H groups in total. The highest BCUT2D eigenvalue weighted by Gasteiger charge is 2.17. The molecular formula is C29H26BrClFN3O2S. The van der Waals surface area contributed by atoms with Gasteiger partial charge in [0.15, 0.2) is 5.16 Å². The van der Waals surface area contributed by atoms with Gasteiger partial charge in [0.25, 0.3) is 5.56 Å². The molecule has 4 aromatic rings. The molecule has 1 heterocycles. The fourth-order valence-electron chi connectivity index (χ4n) is 3.88. The Morgan fingerprint density at radius 2 is 1.61 bits per heavy atom. The second-order valence-corrected chi connectivity index (χ2v) is 11.0. The van der Waals surface area contributed by atoms with E-state index in [1.807, 2.05) is 60.4 Å². The lowest BCUT2D eigenvalue weighted by atomic mass is 10.0. The molecule has 9 heteroatoms. The van der Waals surface area contributed by atoms with Gasteiger partial charge in [-0.3, -0.25) is 9.59 Å². The van der Waals surface area contributed by atoms with Crippen molar-refractivity contribution in [1.82, 2.24) is 14.5 Å². The smallest absolute Gasteiger partial charge is 0.287 e. The molecule has 0 bridgehead atoms. The summed E-state index contributed by atoms with van der Waals surface area (Å²) in [6.07, 6.45) is 2.41. The van der Waals surface area contributed by atoms with Gasteiger partial charge in [-0.1, -0.05) is 78.8 Å². The Balaban J connectivity index is 1.48. The van der Waals surface area contributed by atoms with Gasteiger partial charge in [0.2, 0.25) is 5.91 Å². The number of thioether (sulfide) groups is 1.